The van der Waals surface area contributed by atoms with Gasteiger partial charge < -0.3 is 19.4 Å². The Kier molecular flexibility index (Phi) is 11.0. The van der Waals surface area contributed by atoms with Gasteiger partial charge >= 0.3 is 5.97 Å². The smallest absolute Gasteiger partial charge is 0.306 e. The Hall–Kier alpha value is -2.55. The normalized spacial score (nSPS) is 33.4. The molecule has 0 saturated heterocycles. The minimum atomic E-state index is -1.59. The van der Waals surface area contributed by atoms with E-state index < -0.39 is 11.7 Å². The lowest BCUT2D eigenvalue weighted by atomic mass is 9.40. The van der Waals surface area contributed by atoms with Gasteiger partial charge in [-0.2, -0.15) is 0 Å². The Balaban J connectivity index is 1.27. The number of hydrogen-bond donors (Lipinski definition) is 2. The third-order valence-electron chi connectivity index (χ3n) is 15.1. The molecule has 0 aliphatic heterocycles. The molecule has 0 bridgehead atoms. The lowest BCUT2D eigenvalue weighted by molar-refractivity contribution is -0.204. The van der Waals surface area contributed by atoms with Crippen LogP contribution in [0.1, 0.15) is 139 Å². The summed E-state index contributed by atoms with van der Waals surface area (Å²) in [5.74, 6) is 2.45. The number of rotatable bonds is 8. The fourth-order valence-corrected chi connectivity index (χ4v) is 12.0. The van der Waals surface area contributed by atoms with Crippen LogP contribution in [0.15, 0.2) is 39.8 Å². The number of carbonyl (C=O) groups is 2. The van der Waals surface area contributed by atoms with E-state index in [0.717, 1.165) is 68.9 Å². The van der Waals surface area contributed by atoms with Gasteiger partial charge in [0.25, 0.3) is 0 Å². The summed E-state index contributed by atoms with van der Waals surface area (Å²) in [6.07, 6.45) is 8.17. The highest BCUT2D eigenvalue weighted by atomic mass is 35.5. The van der Waals surface area contributed by atoms with E-state index in [1.165, 1.54) is 5.57 Å². The summed E-state index contributed by atoms with van der Waals surface area (Å²) in [5.41, 5.74) is 1.85. The van der Waals surface area contributed by atoms with Gasteiger partial charge in [-0.05, 0) is 122 Å². The molecule has 0 spiro atoms. The number of nitrogens with zero attached hydrogens (tertiary/aromatic N) is 2. The van der Waals surface area contributed by atoms with Crippen molar-refractivity contribution >= 4 is 23.4 Å². The van der Waals surface area contributed by atoms with Crippen molar-refractivity contribution in [3.63, 3.8) is 0 Å². The number of benzene rings is 1. The van der Waals surface area contributed by atoms with Crippen LogP contribution in [0.3, 0.4) is 0 Å². The van der Waals surface area contributed by atoms with Gasteiger partial charge in [-0.15, -0.1) is 10.2 Å². The van der Waals surface area contributed by atoms with Crippen LogP contribution in [0.2, 0.25) is 5.02 Å². The van der Waals surface area contributed by atoms with Crippen LogP contribution < -0.4 is 0 Å². The number of carbonyl (C=O) groups excluding carboxylic acids is 2. The fourth-order valence-electron chi connectivity index (χ4n) is 11.8. The first kappa shape index (κ1) is 40.1. The minimum Gasteiger partial charge on any atom is -0.462 e. The van der Waals surface area contributed by atoms with Gasteiger partial charge in [0.15, 0.2) is 12.1 Å². The molecular weight excluding hydrogens is 688 g/mol. The van der Waals surface area contributed by atoms with Crippen molar-refractivity contribution in [2.24, 2.45) is 50.7 Å². The zero-order valence-corrected chi connectivity index (χ0v) is 34.3. The highest BCUT2D eigenvalue weighted by Crippen LogP contribution is 2.68. The van der Waals surface area contributed by atoms with E-state index in [2.05, 4.69) is 58.7 Å². The molecule has 8 nitrogen and oxygen atoms in total. The summed E-state index contributed by atoms with van der Waals surface area (Å²) in [6.45, 7) is 19.8. The molecule has 1 aromatic carbocycles. The first-order valence-corrected chi connectivity index (χ1v) is 20.5. The summed E-state index contributed by atoms with van der Waals surface area (Å²) in [7, 11) is 0. The molecule has 6 rings (SSSR count). The third kappa shape index (κ3) is 7.31. The molecule has 0 amide bonds. The Bertz CT molecular complexity index is 1710. The molecule has 7 atom stereocenters. The maximum absolute atomic E-state index is 14.0. The number of esters is 1. The van der Waals surface area contributed by atoms with Gasteiger partial charge in [0.05, 0.1) is 6.42 Å². The van der Waals surface area contributed by atoms with Crippen LogP contribution in [0.25, 0.3) is 11.5 Å². The topological polar surface area (TPSA) is 123 Å². The van der Waals surface area contributed by atoms with Crippen LogP contribution in [0.4, 0.5) is 0 Å². The molecule has 4 aliphatic rings. The van der Waals surface area contributed by atoms with E-state index in [0.29, 0.717) is 47.4 Å². The number of aromatic nitrogens is 2. The van der Waals surface area contributed by atoms with Gasteiger partial charge in [-0.25, -0.2) is 0 Å². The average molecular weight is 751 g/mol. The Morgan fingerprint density at radius 3 is 2.32 bits per heavy atom. The van der Waals surface area contributed by atoms with Gasteiger partial charge in [0.2, 0.25) is 11.8 Å². The van der Waals surface area contributed by atoms with Crippen molar-refractivity contribution in [3.05, 3.63) is 46.3 Å². The summed E-state index contributed by atoms with van der Waals surface area (Å²) >= 11 is 6.13. The number of ketones is 1. The van der Waals surface area contributed by atoms with E-state index in [1.807, 2.05) is 24.3 Å². The van der Waals surface area contributed by atoms with E-state index in [9.17, 15) is 19.8 Å². The van der Waals surface area contributed by atoms with Crippen LogP contribution in [0.5, 0.6) is 0 Å². The molecule has 2 N–H and O–H groups in total. The molecule has 3 fully saturated rings. The average Bonchev–Trinajstić information content (AvgIpc) is 3.64. The lowest BCUT2D eigenvalue weighted by Gasteiger charge is -2.65. The maximum atomic E-state index is 14.0. The summed E-state index contributed by atoms with van der Waals surface area (Å²) in [6, 6.07) is 7.43. The molecule has 0 radical (unpaired) electrons. The SMILES string of the molecule is CC(C)C1=C2CCCC3C(C)(CCC4C(C)(C)C(OC(=O)CC(C)(C)C(O)O)CCC43C)C(C)CCC2(Cc2nnc(-c3ccc(Cl)cc3)o2)CC1=O. The highest BCUT2D eigenvalue weighted by molar-refractivity contribution is 6.30. The van der Waals surface area contributed by atoms with Gasteiger partial charge in [-0.1, -0.05) is 79.5 Å². The van der Waals surface area contributed by atoms with Crippen LogP contribution in [0, 0.1) is 50.7 Å². The third-order valence-corrected chi connectivity index (χ3v) is 15.3. The van der Waals surface area contributed by atoms with Crippen LogP contribution >= 0.6 is 11.6 Å². The van der Waals surface area contributed by atoms with Gasteiger partial charge in [0.1, 0.15) is 6.10 Å². The Morgan fingerprint density at radius 2 is 1.66 bits per heavy atom. The molecule has 4 aliphatic carbocycles. The number of ether oxygens (including phenoxy) is 1. The molecule has 2 aromatic rings. The minimum absolute atomic E-state index is 0.0361. The van der Waals surface area contributed by atoms with Crippen LogP contribution in [-0.2, 0) is 20.7 Å². The van der Waals surface area contributed by atoms with Gasteiger partial charge in [0, 0.05) is 39.7 Å². The quantitative estimate of drug-likeness (QED) is 0.202. The first-order valence-electron chi connectivity index (χ1n) is 20.1. The number of halogens is 1. The standard InChI is InChI=1S/C44H63ClN2O6/c1-26(2)37-30-11-10-12-33-42(8,20-18-32-41(6,7)34(19-21-43(32,33)9)52-36(49)25-40(4,5)39(50)51)27(3)17-22-44(30,23-31(37)48)24-35-46-47-38(53-35)28-13-15-29(45)16-14-28/h13-16,26-27,32-34,39,50-51H,10-12,17-25H2,1-9H3. The van der Waals surface area contributed by atoms with Crippen molar-refractivity contribution < 1.29 is 29.0 Å². The van der Waals surface area contributed by atoms with Crippen molar-refractivity contribution in [1.82, 2.24) is 10.2 Å². The Labute approximate surface area is 321 Å². The fraction of sp³-hybridized carbons (Fsp3) is 0.727. The number of hydrogen-bond acceptors (Lipinski definition) is 8. The van der Waals surface area contributed by atoms with E-state index >= 15 is 0 Å². The van der Waals surface area contributed by atoms with Crippen molar-refractivity contribution in [2.75, 3.05) is 0 Å². The predicted octanol–water partition coefficient (Wildman–Crippen LogP) is 9.94. The molecule has 9 heteroatoms. The molecule has 292 valence electrons. The number of allylic oxidation sites excluding steroid dienone is 2. The van der Waals surface area contributed by atoms with Crippen molar-refractivity contribution in [3.8, 4) is 11.5 Å². The monoisotopic (exact) mass is 750 g/mol. The van der Waals surface area contributed by atoms with Crippen LogP contribution in [-0.4, -0.2) is 44.6 Å². The number of aliphatic hydroxyl groups is 2. The first-order chi connectivity index (χ1) is 24.7. The number of Topliss-reactive ketones (excluding diaryl/α,β-unsaturated/α-hetero) is 1. The van der Waals surface area contributed by atoms with Gasteiger partial charge in [-0.3, -0.25) is 9.59 Å². The molecule has 7 unspecified atom stereocenters. The molecule has 3 saturated carbocycles. The summed E-state index contributed by atoms with van der Waals surface area (Å²) < 4.78 is 12.5. The van der Waals surface area contributed by atoms with E-state index in [-0.39, 0.29) is 51.9 Å². The second kappa shape index (κ2) is 14.5. The summed E-state index contributed by atoms with van der Waals surface area (Å²) in [5, 5.41) is 29.2. The Morgan fingerprint density at radius 1 is 0.981 bits per heavy atom. The lowest BCUT2D eigenvalue weighted by Crippen LogP contribution is -2.60. The highest BCUT2D eigenvalue weighted by Gasteiger charge is 2.62. The van der Waals surface area contributed by atoms with Crippen molar-refractivity contribution in [2.45, 2.75) is 152 Å². The second-order valence-electron chi connectivity index (χ2n) is 19.5. The second-order valence-corrected chi connectivity index (χ2v) is 19.9. The van der Waals surface area contributed by atoms with E-state index in [1.54, 1.807) is 13.8 Å². The molecular formula is C44H63ClN2O6. The zero-order chi connectivity index (χ0) is 38.7. The van der Waals surface area contributed by atoms with E-state index in [4.69, 9.17) is 20.8 Å². The largest absolute Gasteiger partial charge is 0.462 e. The zero-order valence-electron chi connectivity index (χ0n) is 33.6. The number of fused-ring (bicyclic) bond motifs is 4. The number of aliphatic hydroxyl groups excluding tert-OH is 1. The molecule has 53 heavy (non-hydrogen) atoms. The molecule has 1 heterocycles. The van der Waals surface area contributed by atoms with Crippen molar-refractivity contribution in [1.29, 1.82) is 0 Å². The maximum Gasteiger partial charge on any atom is 0.306 e. The summed E-state index contributed by atoms with van der Waals surface area (Å²) in [4.78, 5) is 27.1. The molecule has 1 aromatic heterocycles. The predicted molar refractivity (Wildman–Crippen MR) is 207 cm³/mol.